The van der Waals surface area contributed by atoms with Crippen LogP contribution in [0.4, 0.5) is 11.5 Å². The van der Waals surface area contributed by atoms with Crippen LogP contribution in [-0.2, 0) is 29.0 Å². The predicted molar refractivity (Wildman–Crippen MR) is 133 cm³/mol. The first-order valence-electron chi connectivity index (χ1n) is 11.7. The highest BCUT2D eigenvalue weighted by atomic mass is 16.5. The summed E-state index contributed by atoms with van der Waals surface area (Å²) < 4.78 is 17.3. The summed E-state index contributed by atoms with van der Waals surface area (Å²) in [7, 11) is 4.71. The Bertz CT molecular complexity index is 1160. The van der Waals surface area contributed by atoms with Crippen molar-refractivity contribution in [2.24, 2.45) is 0 Å². The number of nitrogens with zero attached hydrogens (tertiary/aromatic N) is 3. The lowest BCUT2D eigenvalue weighted by Gasteiger charge is -2.31. The van der Waals surface area contributed by atoms with E-state index in [9.17, 15) is 14.4 Å². The van der Waals surface area contributed by atoms with E-state index in [4.69, 9.17) is 19.9 Å². The zero-order valence-corrected chi connectivity index (χ0v) is 20.9. The highest BCUT2D eigenvalue weighted by Gasteiger charge is 2.27. The number of nitrogens with one attached hydrogen (secondary N) is 1. The van der Waals surface area contributed by atoms with Crippen LogP contribution in [0.2, 0.25) is 0 Å². The normalized spacial score (nSPS) is 13.4. The minimum absolute atomic E-state index is 0.0162. The average Bonchev–Trinajstić information content (AvgIpc) is 2.84. The van der Waals surface area contributed by atoms with Gasteiger partial charge in [0, 0.05) is 33.3 Å². The Hall–Kier alpha value is -3.31. The summed E-state index contributed by atoms with van der Waals surface area (Å²) in [6.07, 6.45) is 2.30. The van der Waals surface area contributed by atoms with Gasteiger partial charge in [0.15, 0.2) is 17.2 Å². The molecular formula is C24H35N5O6. The smallest absolute Gasteiger partial charge is 0.330 e. The fourth-order valence-corrected chi connectivity index (χ4v) is 4.27. The van der Waals surface area contributed by atoms with Crippen LogP contribution in [0.1, 0.15) is 30.9 Å². The standard InChI is InChI=1S/C24H35N5O6/c1-5-6-8-29-22(25)21(23(31)26-24(29)32)28(10-11-33-2)20(30)15-27-9-7-16-12-18(34-3)19(35-4)13-17(16)14-27/h12-13H,5-11,14-15,25H2,1-4H3,(H,26,31,32). The van der Waals surface area contributed by atoms with Gasteiger partial charge < -0.3 is 24.8 Å². The van der Waals surface area contributed by atoms with Gasteiger partial charge in [0.25, 0.3) is 5.56 Å². The Morgan fingerprint density at radius 1 is 1.14 bits per heavy atom. The second-order valence-corrected chi connectivity index (χ2v) is 8.47. The lowest BCUT2D eigenvalue weighted by molar-refractivity contribution is -0.120. The average molecular weight is 490 g/mol. The molecule has 0 saturated carbocycles. The first-order chi connectivity index (χ1) is 16.8. The Morgan fingerprint density at radius 2 is 1.83 bits per heavy atom. The van der Waals surface area contributed by atoms with Crippen molar-refractivity contribution in [3.8, 4) is 11.5 Å². The zero-order valence-electron chi connectivity index (χ0n) is 20.9. The van der Waals surface area contributed by atoms with Crippen molar-refractivity contribution in [2.45, 2.75) is 39.3 Å². The number of unbranched alkanes of at least 4 members (excludes halogenated alkanes) is 1. The van der Waals surface area contributed by atoms with Gasteiger partial charge in [0.1, 0.15) is 5.82 Å². The number of amides is 1. The van der Waals surface area contributed by atoms with E-state index in [1.165, 1.54) is 16.6 Å². The van der Waals surface area contributed by atoms with Crippen LogP contribution in [0.3, 0.4) is 0 Å². The molecule has 1 aromatic heterocycles. The lowest BCUT2D eigenvalue weighted by atomic mass is 9.98. The first kappa shape index (κ1) is 26.3. The van der Waals surface area contributed by atoms with E-state index in [1.54, 1.807) is 14.2 Å². The number of H-pyrrole nitrogens is 1. The molecule has 0 spiro atoms. The third-order valence-electron chi connectivity index (χ3n) is 6.20. The van der Waals surface area contributed by atoms with E-state index in [1.807, 2.05) is 24.0 Å². The Kier molecular flexibility index (Phi) is 8.94. The van der Waals surface area contributed by atoms with Gasteiger partial charge in [-0.05, 0) is 36.1 Å². The maximum Gasteiger partial charge on any atom is 0.330 e. The molecule has 0 bridgehead atoms. The van der Waals surface area contributed by atoms with Crippen LogP contribution in [0.25, 0.3) is 0 Å². The molecule has 192 valence electrons. The maximum atomic E-state index is 13.5. The molecule has 0 radical (unpaired) electrons. The van der Waals surface area contributed by atoms with Gasteiger partial charge in [0.2, 0.25) is 5.91 Å². The predicted octanol–water partition coefficient (Wildman–Crippen LogP) is 0.974. The van der Waals surface area contributed by atoms with Crippen molar-refractivity contribution in [2.75, 3.05) is 58.2 Å². The number of hydrogen-bond donors (Lipinski definition) is 2. The highest BCUT2D eigenvalue weighted by molar-refractivity contribution is 5.96. The Labute approximate surface area is 204 Å². The van der Waals surface area contributed by atoms with Gasteiger partial charge in [-0.25, -0.2) is 4.79 Å². The minimum atomic E-state index is -0.689. The van der Waals surface area contributed by atoms with E-state index in [-0.39, 0.29) is 37.1 Å². The van der Waals surface area contributed by atoms with E-state index < -0.39 is 11.2 Å². The number of benzene rings is 1. The quantitative estimate of drug-likeness (QED) is 0.477. The molecule has 0 fully saturated rings. The van der Waals surface area contributed by atoms with Crippen LogP contribution < -0.4 is 31.4 Å². The third kappa shape index (κ3) is 5.85. The number of carbonyl (C=O) groups excluding carboxylic acids is 1. The number of fused-ring (bicyclic) bond motifs is 1. The SMILES string of the molecule is CCCCn1c(N)c(N(CCOC)C(=O)CN2CCc3cc(OC)c(OC)cc3C2)c(=O)[nH]c1=O. The number of hydrogen-bond acceptors (Lipinski definition) is 8. The molecule has 1 aliphatic rings. The van der Waals surface area contributed by atoms with Crippen molar-refractivity contribution in [3.05, 3.63) is 44.1 Å². The second-order valence-electron chi connectivity index (χ2n) is 8.47. The summed E-state index contributed by atoms with van der Waals surface area (Å²) in [5.74, 6) is 0.991. The number of nitrogens with two attached hydrogens (primary N) is 1. The third-order valence-corrected chi connectivity index (χ3v) is 6.20. The van der Waals surface area contributed by atoms with Crippen LogP contribution in [0.15, 0.2) is 21.7 Å². The van der Waals surface area contributed by atoms with Crippen LogP contribution in [0.5, 0.6) is 11.5 Å². The minimum Gasteiger partial charge on any atom is -0.493 e. The fourth-order valence-electron chi connectivity index (χ4n) is 4.27. The lowest BCUT2D eigenvalue weighted by Crippen LogP contribution is -2.47. The molecule has 1 amide bonds. The van der Waals surface area contributed by atoms with E-state index in [2.05, 4.69) is 4.98 Å². The summed E-state index contributed by atoms with van der Waals surface area (Å²) in [6, 6.07) is 3.90. The van der Waals surface area contributed by atoms with Crippen LogP contribution in [0, 0.1) is 0 Å². The summed E-state index contributed by atoms with van der Waals surface area (Å²) in [5, 5.41) is 0. The number of aromatic nitrogens is 2. The first-order valence-corrected chi connectivity index (χ1v) is 11.7. The fraction of sp³-hybridized carbons (Fsp3) is 0.542. The molecular weight excluding hydrogens is 454 g/mol. The second kappa shape index (κ2) is 11.9. The number of carbonyl (C=O) groups is 1. The Morgan fingerprint density at radius 3 is 2.46 bits per heavy atom. The number of methoxy groups -OCH3 is 3. The number of anilines is 2. The molecule has 2 heterocycles. The van der Waals surface area contributed by atoms with E-state index in [0.717, 1.165) is 24.0 Å². The number of nitrogen functional groups attached to an aromatic ring is 1. The molecule has 3 rings (SSSR count). The van der Waals surface area contributed by atoms with Gasteiger partial charge in [-0.2, -0.15) is 0 Å². The summed E-state index contributed by atoms with van der Waals surface area (Å²) in [4.78, 5) is 44.2. The number of rotatable bonds is 11. The van der Waals surface area contributed by atoms with Crippen molar-refractivity contribution in [1.82, 2.24) is 14.5 Å². The van der Waals surface area contributed by atoms with Gasteiger partial charge in [-0.3, -0.25) is 24.0 Å². The highest BCUT2D eigenvalue weighted by Crippen LogP contribution is 2.33. The molecule has 1 aromatic carbocycles. The topological polar surface area (TPSA) is 132 Å². The van der Waals surface area contributed by atoms with E-state index in [0.29, 0.717) is 37.6 Å². The van der Waals surface area contributed by atoms with Crippen LogP contribution in [-0.4, -0.2) is 67.9 Å². The summed E-state index contributed by atoms with van der Waals surface area (Å²) in [5.41, 5.74) is 7.16. The Balaban J connectivity index is 1.87. The molecule has 35 heavy (non-hydrogen) atoms. The number of aromatic amines is 1. The van der Waals surface area contributed by atoms with Crippen molar-refractivity contribution in [1.29, 1.82) is 0 Å². The molecule has 0 unspecified atom stereocenters. The summed E-state index contributed by atoms with van der Waals surface area (Å²) >= 11 is 0. The zero-order chi connectivity index (χ0) is 25.5. The molecule has 3 N–H and O–H groups in total. The molecule has 11 nitrogen and oxygen atoms in total. The van der Waals surface area contributed by atoms with Crippen molar-refractivity contribution >= 4 is 17.4 Å². The van der Waals surface area contributed by atoms with Gasteiger partial charge in [-0.15, -0.1) is 0 Å². The molecule has 0 saturated heterocycles. The van der Waals surface area contributed by atoms with E-state index >= 15 is 0 Å². The van der Waals surface area contributed by atoms with Gasteiger partial charge in [-0.1, -0.05) is 13.3 Å². The van der Waals surface area contributed by atoms with Crippen molar-refractivity contribution in [3.63, 3.8) is 0 Å². The van der Waals surface area contributed by atoms with Crippen molar-refractivity contribution < 1.29 is 19.0 Å². The molecule has 0 atom stereocenters. The molecule has 11 heteroatoms. The van der Waals surface area contributed by atoms with Crippen LogP contribution >= 0.6 is 0 Å². The van der Waals surface area contributed by atoms with Gasteiger partial charge in [0.05, 0.1) is 27.4 Å². The molecule has 1 aliphatic heterocycles. The van der Waals surface area contributed by atoms with Gasteiger partial charge >= 0.3 is 5.69 Å². The number of ether oxygens (including phenoxy) is 3. The molecule has 2 aromatic rings. The monoisotopic (exact) mass is 489 g/mol. The maximum absolute atomic E-state index is 13.5. The summed E-state index contributed by atoms with van der Waals surface area (Å²) in [6.45, 7) is 3.96. The molecule has 0 aliphatic carbocycles. The largest absolute Gasteiger partial charge is 0.493 e.